The minimum atomic E-state index is -4.78. The molecule has 1 aromatic carbocycles. The molecule has 0 aromatic heterocycles. The smallest absolute Gasteiger partial charge is 0.254 e. The van der Waals surface area contributed by atoms with E-state index in [1.165, 1.54) is 6.07 Å². The maximum atomic E-state index is 12.2. The van der Waals surface area contributed by atoms with Crippen LogP contribution >= 0.6 is 23.2 Å². The first-order valence-electron chi connectivity index (χ1n) is 4.48. The molecule has 0 amide bonds. The highest BCUT2D eigenvalue weighted by atomic mass is 35.5. The molecular weight excluding hydrogens is 316 g/mol. The van der Waals surface area contributed by atoms with Gasteiger partial charge in [-0.25, -0.2) is 0 Å². The first-order valence-corrected chi connectivity index (χ1v) is 6.65. The Balaban J connectivity index is 3.07. The molecule has 0 N–H and O–H groups in total. The molecule has 0 saturated heterocycles. The third-order valence-electron chi connectivity index (χ3n) is 1.86. The standard InChI is InChI=1S/C9H7Cl2F3O3S/c1-5(9(12,13)14)17-18(15,16)8-3-6(10)2-7(11)4-8/h2-5H,1H3. The molecular formula is C9H7Cl2F3O3S. The van der Waals surface area contributed by atoms with Gasteiger partial charge in [0, 0.05) is 10.0 Å². The van der Waals surface area contributed by atoms with Gasteiger partial charge in [0.25, 0.3) is 10.1 Å². The first kappa shape index (κ1) is 15.6. The molecule has 0 aliphatic rings. The van der Waals surface area contributed by atoms with Crippen LogP contribution in [0.15, 0.2) is 23.1 Å². The van der Waals surface area contributed by atoms with E-state index in [0.717, 1.165) is 12.1 Å². The van der Waals surface area contributed by atoms with Crippen molar-refractivity contribution in [2.45, 2.75) is 24.1 Å². The molecule has 102 valence electrons. The van der Waals surface area contributed by atoms with Gasteiger partial charge in [0.2, 0.25) is 0 Å². The lowest BCUT2D eigenvalue weighted by Gasteiger charge is -2.16. The summed E-state index contributed by atoms with van der Waals surface area (Å²) in [6.07, 6.45) is -7.24. The van der Waals surface area contributed by atoms with Gasteiger partial charge in [-0.15, -0.1) is 0 Å². The van der Waals surface area contributed by atoms with E-state index in [0.29, 0.717) is 6.92 Å². The van der Waals surface area contributed by atoms with E-state index < -0.39 is 27.3 Å². The summed E-state index contributed by atoms with van der Waals surface area (Å²) in [5, 5.41) is -0.0475. The van der Waals surface area contributed by atoms with Gasteiger partial charge in [-0.1, -0.05) is 23.2 Å². The fraction of sp³-hybridized carbons (Fsp3) is 0.333. The Morgan fingerprint density at radius 2 is 1.61 bits per heavy atom. The van der Waals surface area contributed by atoms with Gasteiger partial charge in [-0.3, -0.25) is 4.18 Å². The van der Waals surface area contributed by atoms with Gasteiger partial charge in [-0.2, -0.15) is 21.6 Å². The zero-order valence-corrected chi connectivity index (χ0v) is 11.2. The van der Waals surface area contributed by atoms with Crippen molar-refractivity contribution in [2.24, 2.45) is 0 Å². The Hall–Kier alpha value is -0.500. The van der Waals surface area contributed by atoms with Gasteiger partial charge >= 0.3 is 6.18 Å². The third kappa shape index (κ3) is 4.01. The van der Waals surface area contributed by atoms with Crippen LogP contribution in [0, 0.1) is 0 Å². The van der Waals surface area contributed by atoms with Gasteiger partial charge in [-0.05, 0) is 25.1 Å². The number of rotatable bonds is 3. The van der Waals surface area contributed by atoms with Crippen LogP contribution in [-0.2, 0) is 14.3 Å². The summed E-state index contributed by atoms with van der Waals surface area (Å²) in [6.45, 7) is 0.587. The third-order valence-corrected chi connectivity index (χ3v) is 3.65. The average Bonchev–Trinajstić information content (AvgIpc) is 2.13. The lowest BCUT2D eigenvalue weighted by molar-refractivity contribution is -0.188. The van der Waals surface area contributed by atoms with Crippen molar-refractivity contribution in [3.63, 3.8) is 0 Å². The van der Waals surface area contributed by atoms with Crippen LogP contribution in [0.5, 0.6) is 0 Å². The SMILES string of the molecule is CC(OS(=O)(=O)c1cc(Cl)cc(Cl)c1)C(F)(F)F. The van der Waals surface area contributed by atoms with E-state index in [1.54, 1.807) is 0 Å². The fourth-order valence-electron chi connectivity index (χ4n) is 0.973. The highest BCUT2D eigenvalue weighted by Crippen LogP contribution is 2.28. The second-order valence-corrected chi connectivity index (χ2v) is 5.78. The average molecular weight is 323 g/mol. The summed E-state index contributed by atoms with van der Waals surface area (Å²) in [5.41, 5.74) is 0. The molecule has 1 atom stereocenters. The topological polar surface area (TPSA) is 43.4 Å². The van der Waals surface area contributed by atoms with E-state index in [1.807, 2.05) is 0 Å². The van der Waals surface area contributed by atoms with Crippen LogP contribution in [0.25, 0.3) is 0 Å². The minimum Gasteiger partial charge on any atom is -0.254 e. The highest BCUT2D eigenvalue weighted by Gasteiger charge is 2.40. The van der Waals surface area contributed by atoms with Crippen molar-refractivity contribution < 1.29 is 25.8 Å². The summed E-state index contributed by atoms with van der Waals surface area (Å²) in [7, 11) is -4.58. The molecule has 0 bridgehead atoms. The number of halogens is 5. The summed E-state index contributed by atoms with van der Waals surface area (Å²) in [5.74, 6) is 0. The van der Waals surface area contributed by atoms with E-state index >= 15 is 0 Å². The second-order valence-electron chi connectivity index (χ2n) is 3.34. The Morgan fingerprint density at radius 1 is 1.17 bits per heavy atom. The Labute approximate surface area is 112 Å². The van der Waals surface area contributed by atoms with Crippen LogP contribution in [0.2, 0.25) is 10.0 Å². The summed E-state index contributed by atoms with van der Waals surface area (Å²) in [6, 6.07) is 3.15. The molecule has 0 radical (unpaired) electrons. The normalized spacial score (nSPS) is 14.6. The highest BCUT2D eigenvalue weighted by molar-refractivity contribution is 7.86. The van der Waals surface area contributed by atoms with Crippen molar-refractivity contribution >= 4 is 33.3 Å². The monoisotopic (exact) mass is 322 g/mol. The maximum absolute atomic E-state index is 12.2. The molecule has 0 spiro atoms. The lowest BCUT2D eigenvalue weighted by atomic mass is 10.4. The van der Waals surface area contributed by atoms with Gasteiger partial charge in [0.15, 0.2) is 6.10 Å². The molecule has 1 unspecified atom stereocenters. The summed E-state index contributed by atoms with van der Waals surface area (Å²) < 4.78 is 63.8. The predicted octanol–water partition coefficient (Wildman–Crippen LogP) is 3.65. The summed E-state index contributed by atoms with van der Waals surface area (Å²) in [4.78, 5) is -0.531. The molecule has 1 rings (SSSR count). The van der Waals surface area contributed by atoms with E-state index in [-0.39, 0.29) is 10.0 Å². The number of benzene rings is 1. The van der Waals surface area contributed by atoms with E-state index in [2.05, 4.69) is 4.18 Å². The first-order chi connectivity index (χ1) is 8.02. The van der Waals surface area contributed by atoms with Crippen LogP contribution < -0.4 is 0 Å². The maximum Gasteiger partial charge on any atom is 0.415 e. The number of hydrogen-bond donors (Lipinski definition) is 0. The Bertz CT molecular complexity index is 522. The van der Waals surface area contributed by atoms with E-state index in [4.69, 9.17) is 23.2 Å². The largest absolute Gasteiger partial charge is 0.415 e. The van der Waals surface area contributed by atoms with Gasteiger partial charge in [0.1, 0.15) is 0 Å². The minimum absolute atomic E-state index is 0.0238. The van der Waals surface area contributed by atoms with Crippen molar-refractivity contribution in [3.8, 4) is 0 Å². The van der Waals surface area contributed by atoms with Crippen LogP contribution in [0.1, 0.15) is 6.92 Å². The predicted molar refractivity (Wildman–Crippen MR) is 60.2 cm³/mol. The van der Waals surface area contributed by atoms with Crippen LogP contribution in [0.4, 0.5) is 13.2 Å². The van der Waals surface area contributed by atoms with Gasteiger partial charge < -0.3 is 0 Å². The molecule has 0 aliphatic heterocycles. The van der Waals surface area contributed by atoms with Crippen molar-refractivity contribution in [2.75, 3.05) is 0 Å². The molecule has 3 nitrogen and oxygen atoms in total. The fourth-order valence-corrected chi connectivity index (χ4v) is 2.77. The zero-order chi connectivity index (χ0) is 14.1. The van der Waals surface area contributed by atoms with Gasteiger partial charge in [0.05, 0.1) is 4.90 Å². The molecule has 1 aromatic rings. The molecule has 0 aliphatic carbocycles. The summed E-state index contributed by atoms with van der Waals surface area (Å²) >= 11 is 11.1. The Kier molecular flexibility index (Phi) is 4.53. The van der Waals surface area contributed by atoms with Crippen molar-refractivity contribution in [1.82, 2.24) is 0 Å². The zero-order valence-electron chi connectivity index (χ0n) is 8.83. The molecule has 18 heavy (non-hydrogen) atoms. The number of alkyl halides is 3. The molecule has 9 heteroatoms. The second kappa shape index (κ2) is 5.24. The van der Waals surface area contributed by atoms with Crippen LogP contribution in [0.3, 0.4) is 0 Å². The quantitative estimate of drug-likeness (QED) is 0.798. The van der Waals surface area contributed by atoms with Crippen LogP contribution in [-0.4, -0.2) is 20.7 Å². The Morgan fingerprint density at radius 3 is 2.00 bits per heavy atom. The molecule has 0 heterocycles. The van der Waals surface area contributed by atoms with Crippen molar-refractivity contribution in [3.05, 3.63) is 28.2 Å². The molecule has 0 saturated carbocycles. The van der Waals surface area contributed by atoms with Crippen molar-refractivity contribution in [1.29, 1.82) is 0 Å². The molecule has 0 fully saturated rings. The van der Waals surface area contributed by atoms with E-state index in [9.17, 15) is 21.6 Å². The number of hydrogen-bond acceptors (Lipinski definition) is 3. The lowest BCUT2D eigenvalue weighted by Crippen LogP contribution is -2.30.